The molecule has 2 saturated carbocycles. The summed E-state index contributed by atoms with van der Waals surface area (Å²) in [7, 11) is 0. The fourth-order valence-corrected chi connectivity index (χ4v) is 6.44. The molecule has 0 heterocycles. The molecule has 0 saturated heterocycles. The predicted octanol–water partition coefficient (Wildman–Crippen LogP) is 2.72. The molecule has 2 fully saturated rings. The van der Waals surface area contributed by atoms with Crippen LogP contribution in [0.25, 0.3) is 0 Å². The Morgan fingerprint density at radius 3 is 1.62 bits per heavy atom. The second kappa shape index (κ2) is 3.31. The molecule has 0 radical (unpaired) electrons. The van der Waals surface area contributed by atoms with E-state index in [1.54, 1.807) is 0 Å². The van der Waals surface area contributed by atoms with Gasteiger partial charge in [-0.2, -0.15) is 0 Å². The van der Waals surface area contributed by atoms with Crippen molar-refractivity contribution in [2.24, 2.45) is 47.3 Å². The van der Waals surface area contributed by atoms with Crippen LogP contribution in [0.5, 0.6) is 0 Å². The average Bonchev–Trinajstić information content (AvgIpc) is 3.04. The molecule has 2 heteroatoms. The SMILES string of the molecule is O=C1C2=C(C(=O)[C@H]3[C@@H]1[C@H]1C=C[C@@H]3C1)[C@@H]1C=C[C@H]2[C@H]2CC[C@H]21. The van der Waals surface area contributed by atoms with Gasteiger partial charge in [-0.15, -0.1) is 0 Å². The van der Waals surface area contributed by atoms with Crippen LogP contribution in [0.3, 0.4) is 0 Å². The van der Waals surface area contributed by atoms with E-state index in [0.717, 1.165) is 17.6 Å². The summed E-state index contributed by atoms with van der Waals surface area (Å²) in [6, 6.07) is 0. The Morgan fingerprint density at radius 2 is 1.19 bits per heavy atom. The zero-order chi connectivity index (χ0) is 13.9. The van der Waals surface area contributed by atoms with E-state index in [1.165, 1.54) is 12.8 Å². The summed E-state index contributed by atoms with van der Waals surface area (Å²) in [5, 5.41) is 0. The zero-order valence-electron chi connectivity index (χ0n) is 11.9. The highest BCUT2D eigenvalue weighted by Gasteiger charge is 2.61. The van der Waals surface area contributed by atoms with Gasteiger partial charge in [-0.05, 0) is 42.9 Å². The van der Waals surface area contributed by atoms with Crippen LogP contribution in [0.15, 0.2) is 35.5 Å². The quantitative estimate of drug-likeness (QED) is 0.638. The number of Topliss-reactive ketones (excluding diaryl/α,β-unsaturated/α-hetero) is 2. The molecule has 0 aromatic heterocycles. The molecule has 4 bridgehead atoms. The lowest BCUT2D eigenvalue weighted by Crippen LogP contribution is -2.53. The maximum Gasteiger partial charge on any atom is 0.164 e. The van der Waals surface area contributed by atoms with Gasteiger partial charge in [0.2, 0.25) is 0 Å². The minimum atomic E-state index is -0.0162. The third kappa shape index (κ3) is 1.05. The largest absolute Gasteiger partial charge is 0.294 e. The van der Waals surface area contributed by atoms with E-state index < -0.39 is 0 Å². The first kappa shape index (κ1) is 11.2. The van der Waals surface area contributed by atoms with Gasteiger partial charge < -0.3 is 0 Å². The summed E-state index contributed by atoms with van der Waals surface area (Å²) < 4.78 is 0. The first-order valence-electron chi connectivity index (χ1n) is 8.45. The highest BCUT2D eigenvalue weighted by atomic mass is 16.1. The molecule has 21 heavy (non-hydrogen) atoms. The van der Waals surface area contributed by atoms with Crippen molar-refractivity contribution >= 4 is 11.6 Å². The highest BCUT2D eigenvalue weighted by molar-refractivity contribution is 6.16. The first-order valence-corrected chi connectivity index (χ1v) is 8.45. The third-order valence-electron chi connectivity index (χ3n) is 7.38. The van der Waals surface area contributed by atoms with Gasteiger partial charge in [-0.3, -0.25) is 9.59 Å². The highest BCUT2D eigenvalue weighted by Crippen LogP contribution is 2.62. The van der Waals surface area contributed by atoms with Gasteiger partial charge in [-0.25, -0.2) is 0 Å². The Bertz CT molecular complexity index is 638. The van der Waals surface area contributed by atoms with E-state index >= 15 is 0 Å². The molecule has 8 atom stereocenters. The van der Waals surface area contributed by atoms with Crippen molar-refractivity contribution in [2.45, 2.75) is 19.3 Å². The molecular formula is C19H18O2. The van der Waals surface area contributed by atoms with E-state index in [2.05, 4.69) is 24.3 Å². The summed E-state index contributed by atoms with van der Waals surface area (Å²) in [5.41, 5.74) is 1.91. The first-order chi connectivity index (χ1) is 10.3. The van der Waals surface area contributed by atoms with Gasteiger partial charge in [-0.1, -0.05) is 24.3 Å². The molecule has 0 aromatic rings. The van der Waals surface area contributed by atoms with Crippen molar-refractivity contribution in [3.63, 3.8) is 0 Å². The molecule has 7 aliphatic carbocycles. The molecule has 106 valence electrons. The van der Waals surface area contributed by atoms with Crippen LogP contribution < -0.4 is 0 Å². The lowest BCUT2D eigenvalue weighted by molar-refractivity contribution is -0.133. The standard InChI is InChI=1S/C19H18O2/c20-18-14-8-1-2-9(7-8)15(14)19(21)17-13-6-5-12(16(17)18)10-3-4-11(10)13/h1-2,5-6,8-15H,3-4,7H2/t8-,9+,10-,11+,12-,13+,14-,15+. The average molecular weight is 278 g/mol. The van der Waals surface area contributed by atoms with Gasteiger partial charge in [0.1, 0.15) is 0 Å². The maximum absolute atomic E-state index is 13.2. The Kier molecular flexibility index (Phi) is 1.76. The number of carbonyl (C=O) groups is 2. The van der Waals surface area contributed by atoms with E-state index in [-0.39, 0.29) is 23.7 Å². The van der Waals surface area contributed by atoms with E-state index in [0.29, 0.717) is 35.2 Å². The van der Waals surface area contributed by atoms with Crippen LogP contribution in [0.2, 0.25) is 0 Å². The van der Waals surface area contributed by atoms with E-state index in [1.807, 2.05) is 0 Å². The molecule has 0 amide bonds. The second-order valence-corrected chi connectivity index (χ2v) is 7.90. The summed E-state index contributed by atoms with van der Waals surface area (Å²) in [6.45, 7) is 0. The van der Waals surface area contributed by atoms with Crippen molar-refractivity contribution in [3.8, 4) is 0 Å². The fraction of sp³-hybridized carbons (Fsp3) is 0.579. The minimum Gasteiger partial charge on any atom is -0.294 e. The van der Waals surface area contributed by atoms with Gasteiger partial charge in [0.05, 0.1) is 0 Å². The Hall–Kier alpha value is -1.44. The fourth-order valence-electron chi connectivity index (χ4n) is 6.44. The van der Waals surface area contributed by atoms with Gasteiger partial charge in [0.15, 0.2) is 11.6 Å². The number of hydrogen-bond acceptors (Lipinski definition) is 2. The number of fused-ring (bicyclic) bond motifs is 5. The summed E-state index contributed by atoms with van der Waals surface area (Å²) in [6.07, 6.45) is 12.4. The second-order valence-electron chi connectivity index (χ2n) is 7.90. The zero-order valence-corrected chi connectivity index (χ0v) is 11.9. The number of allylic oxidation sites excluding steroid dienone is 6. The molecule has 7 rings (SSSR count). The van der Waals surface area contributed by atoms with Gasteiger partial charge >= 0.3 is 0 Å². The monoisotopic (exact) mass is 278 g/mol. The number of carbonyl (C=O) groups excluding carboxylic acids is 2. The van der Waals surface area contributed by atoms with E-state index in [9.17, 15) is 9.59 Å². The van der Waals surface area contributed by atoms with Crippen molar-refractivity contribution < 1.29 is 9.59 Å². The number of ketones is 2. The van der Waals surface area contributed by atoms with Crippen LogP contribution in [0.1, 0.15) is 19.3 Å². The predicted molar refractivity (Wildman–Crippen MR) is 77.1 cm³/mol. The molecule has 2 nitrogen and oxygen atoms in total. The lowest BCUT2D eigenvalue weighted by Gasteiger charge is -2.55. The van der Waals surface area contributed by atoms with E-state index in [4.69, 9.17) is 0 Å². The third-order valence-corrected chi connectivity index (χ3v) is 7.38. The van der Waals surface area contributed by atoms with Crippen LogP contribution in [-0.4, -0.2) is 11.6 Å². The summed E-state index contributed by atoms with van der Waals surface area (Å²) >= 11 is 0. The Balaban J connectivity index is 1.56. The maximum atomic E-state index is 13.2. The topological polar surface area (TPSA) is 34.1 Å². The summed E-state index contributed by atoms with van der Waals surface area (Å²) in [4.78, 5) is 26.3. The minimum absolute atomic E-state index is 0.0162. The molecular weight excluding hydrogens is 260 g/mol. The Labute approximate surface area is 124 Å². The van der Waals surface area contributed by atoms with Gasteiger partial charge in [0.25, 0.3) is 0 Å². The molecule has 0 aromatic carbocycles. The Morgan fingerprint density at radius 1 is 0.714 bits per heavy atom. The van der Waals surface area contributed by atoms with Crippen molar-refractivity contribution in [3.05, 3.63) is 35.5 Å². The van der Waals surface area contributed by atoms with Crippen molar-refractivity contribution in [1.82, 2.24) is 0 Å². The van der Waals surface area contributed by atoms with Crippen LogP contribution >= 0.6 is 0 Å². The van der Waals surface area contributed by atoms with Crippen molar-refractivity contribution in [1.29, 1.82) is 0 Å². The molecule has 0 spiro atoms. The normalized spacial score (nSPS) is 54.7. The summed E-state index contributed by atoms with van der Waals surface area (Å²) in [5.74, 6) is 3.18. The molecule has 0 N–H and O–H groups in total. The van der Waals surface area contributed by atoms with Gasteiger partial charge in [0, 0.05) is 34.8 Å². The molecule has 0 aliphatic heterocycles. The van der Waals surface area contributed by atoms with Crippen LogP contribution in [0.4, 0.5) is 0 Å². The lowest BCUT2D eigenvalue weighted by atomic mass is 9.48. The van der Waals surface area contributed by atoms with Crippen LogP contribution in [0, 0.1) is 47.3 Å². The number of rotatable bonds is 0. The number of hydrogen-bond donors (Lipinski definition) is 0. The molecule has 0 unspecified atom stereocenters. The molecule has 7 aliphatic rings. The van der Waals surface area contributed by atoms with Crippen molar-refractivity contribution in [2.75, 3.05) is 0 Å². The smallest absolute Gasteiger partial charge is 0.164 e. The van der Waals surface area contributed by atoms with Crippen LogP contribution in [-0.2, 0) is 9.59 Å².